The molecule has 1 aromatic carbocycles. The van der Waals surface area contributed by atoms with Gasteiger partial charge in [0.15, 0.2) is 0 Å². The van der Waals surface area contributed by atoms with Crippen molar-refractivity contribution in [2.24, 2.45) is 0 Å². The molecule has 0 N–H and O–H groups in total. The van der Waals surface area contributed by atoms with Gasteiger partial charge in [0.05, 0.1) is 11.8 Å². The largest absolute Gasteiger partial charge is 0.431 e. The second kappa shape index (κ2) is 6.89. The molecule has 0 fully saturated rings. The second-order valence-corrected chi connectivity index (χ2v) is 4.22. The lowest BCUT2D eigenvalue weighted by molar-refractivity contribution is 0.0662. The second-order valence-electron chi connectivity index (χ2n) is 4.22. The van der Waals surface area contributed by atoms with Crippen molar-refractivity contribution in [1.29, 1.82) is 0 Å². The van der Waals surface area contributed by atoms with Crippen LogP contribution in [0.4, 0.5) is 0 Å². The number of carbonyl (C=O) groups excluding carboxylic acids is 1. The molecule has 0 amide bonds. The molecular formula is C15H20O2. The topological polar surface area (TPSA) is 26.3 Å². The summed E-state index contributed by atoms with van der Waals surface area (Å²) < 4.78 is 5.05. The Morgan fingerprint density at radius 1 is 1.29 bits per heavy atom. The maximum Gasteiger partial charge on any atom is 0.342 e. The third kappa shape index (κ3) is 4.43. The molecule has 0 bridgehead atoms. The number of rotatable bonds is 5. The van der Waals surface area contributed by atoms with Gasteiger partial charge in [-0.15, -0.1) is 0 Å². The Kier molecular flexibility index (Phi) is 5.47. The third-order valence-corrected chi connectivity index (χ3v) is 2.74. The van der Waals surface area contributed by atoms with E-state index in [9.17, 15) is 4.79 Å². The number of unbranched alkanes of at least 4 members (excludes halogenated alkanes) is 2. The van der Waals surface area contributed by atoms with E-state index >= 15 is 0 Å². The normalized spacial score (nSPS) is 10.8. The molecule has 0 aliphatic heterocycles. The Morgan fingerprint density at radius 2 is 2.06 bits per heavy atom. The summed E-state index contributed by atoms with van der Waals surface area (Å²) in [5.41, 5.74) is 2.89. The van der Waals surface area contributed by atoms with E-state index in [2.05, 4.69) is 6.92 Å². The molecule has 0 spiro atoms. The molecule has 0 saturated carbocycles. The zero-order chi connectivity index (χ0) is 12.7. The Balaban J connectivity index is 2.52. The first-order valence-electron chi connectivity index (χ1n) is 6.08. The number of esters is 1. The summed E-state index contributed by atoms with van der Waals surface area (Å²) in [5.74, 6) is -0.291. The third-order valence-electron chi connectivity index (χ3n) is 2.74. The van der Waals surface area contributed by atoms with Gasteiger partial charge in [0, 0.05) is 0 Å². The fraction of sp³-hybridized carbons (Fsp3) is 0.400. The Bertz CT molecular complexity index is 405. The molecule has 1 rings (SSSR count). The number of hydrogen-bond acceptors (Lipinski definition) is 2. The first-order valence-corrected chi connectivity index (χ1v) is 6.08. The molecule has 1 aromatic rings. The first-order chi connectivity index (χ1) is 8.15. The Hall–Kier alpha value is -1.57. The number of benzene rings is 1. The molecule has 17 heavy (non-hydrogen) atoms. The summed E-state index contributed by atoms with van der Waals surface area (Å²) in [6, 6.07) is 5.59. The molecule has 0 radical (unpaired) electrons. The van der Waals surface area contributed by atoms with Crippen LogP contribution in [0.25, 0.3) is 0 Å². The number of allylic oxidation sites excluding steroid dienone is 1. The standard InChI is InChI=1S/C15H20O2/c1-4-5-6-7-10-17-15(16)14-9-8-12(2)13(3)11-14/h7-11H,4-6H2,1-3H3/b10-7+. The highest BCUT2D eigenvalue weighted by atomic mass is 16.5. The minimum Gasteiger partial charge on any atom is -0.431 e. The number of hydrogen-bond donors (Lipinski definition) is 0. The van der Waals surface area contributed by atoms with Crippen molar-refractivity contribution in [3.8, 4) is 0 Å². The van der Waals surface area contributed by atoms with Crippen LogP contribution in [-0.2, 0) is 4.74 Å². The van der Waals surface area contributed by atoms with Gasteiger partial charge in [-0.25, -0.2) is 4.79 Å². The predicted molar refractivity (Wildman–Crippen MR) is 70.0 cm³/mol. The van der Waals surface area contributed by atoms with Gasteiger partial charge in [-0.2, -0.15) is 0 Å². The SMILES string of the molecule is CCCC/C=C/OC(=O)c1ccc(C)c(C)c1. The average Bonchev–Trinajstić information content (AvgIpc) is 2.32. The zero-order valence-corrected chi connectivity index (χ0v) is 10.8. The van der Waals surface area contributed by atoms with Gasteiger partial charge < -0.3 is 4.74 Å². The van der Waals surface area contributed by atoms with Crippen LogP contribution in [0, 0.1) is 13.8 Å². The smallest absolute Gasteiger partial charge is 0.342 e. The van der Waals surface area contributed by atoms with Gasteiger partial charge >= 0.3 is 5.97 Å². The van der Waals surface area contributed by atoms with Crippen molar-refractivity contribution >= 4 is 5.97 Å². The van der Waals surface area contributed by atoms with Gasteiger partial charge in [-0.05, 0) is 56.0 Å². The quantitative estimate of drug-likeness (QED) is 0.433. The molecule has 92 valence electrons. The van der Waals surface area contributed by atoms with E-state index in [1.165, 1.54) is 11.8 Å². The van der Waals surface area contributed by atoms with E-state index < -0.39 is 0 Å². The first kappa shape index (κ1) is 13.5. The fourth-order valence-electron chi connectivity index (χ4n) is 1.44. The highest BCUT2D eigenvalue weighted by Crippen LogP contribution is 2.11. The number of carbonyl (C=O) groups is 1. The molecule has 0 aromatic heterocycles. The summed E-state index contributed by atoms with van der Waals surface area (Å²) in [7, 11) is 0. The number of ether oxygens (including phenoxy) is 1. The van der Waals surface area contributed by atoms with E-state index in [-0.39, 0.29) is 5.97 Å². The van der Waals surface area contributed by atoms with Gasteiger partial charge in [0.1, 0.15) is 0 Å². The summed E-state index contributed by atoms with van der Waals surface area (Å²) in [5, 5.41) is 0. The monoisotopic (exact) mass is 232 g/mol. The van der Waals surface area contributed by atoms with Crippen LogP contribution in [-0.4, -0.2) is 5.97 Å². The van der Waals surface area contributed by atoms with E-state index in [1.807, 2.05) is 32.1 Å². The molecular weight excluding hydrogens is 212 g/mol. The van der Waals surface area contributed by atoms with Crippen LogP contribution >= 0.6 is 0 Å². The fourth-order valence-corrected chi connectivity index (χ4v) is 1.44. The van der Waals surface area contributed by atoms with Crippen molar-refractivity contribution in [3.05, 3.63) is 47.2 Å². The number of aryl methyl sites for hydroxylation is 2. The highest BCUT2D eigenvalue weighted by molar-refractivity contribution is 5.90. The van der Waals surface area contributed by atoms with Crippen molar-refractivity contribution in [2.75, 3.05) is 0 Å². The van der Waals surface area contributed by atoms with Crippen molar-refractivity contribution in [3.63, 3.8) is 0 Å². The van der Waals surface area contributed by atoms with Crippen LogP contribution in [0.3, 0.4) is 0 Å². The predicted octanol–water partition coefficient (Wildman–Crippen LogP) is 4.16. The molecule has 0 aliphatic carbocycles. The maximum atomic E-state index is 11.7. The van der Waals surface area contributed by atoms with Gasteiger partial charge in [-0.1, -0.05) is 19.4 Å². The van der Waals surface area contributed by atoms with Crippen molar-refractivity contribution in [2.45, 2.75) is 40.0 Å². The van der Waals surface area contributed by atoms with Crippen LogP contribution in [0.1, 0.15) is 47.7 Å². The molecule has 2 nitrogen and oxygen atoms in total. The summed E-state index contributed by atoms with van der Waals surface area (Å²) in [6.07, 6.45) is 6.61. The van der Waals surface area contributed by atoms with E-state index in [0.29, 0.717) is 5.56 Å². The molecule has 2 heteroatoms. The van der Waals surface area contributed by atoms with E-state index in [1.54, 1.807) is 6.07 Å². The molecule has 0 aliphatic rings. The minimum absolute atomic E-state index is 0.291. The summed E-state index contributed by atoms with van der Waals surface area (Å²) in [6.45, 7) is 6.15. The molecule has 0 atom stereocenters. The van der Waals surface area contributed by atoms with Crippen molar-refractivity contribution < 1.29 is 9.53 Å². The highest BCUT2D eigenvalue weighted by Gasteiger charge is 2.06. The molecule has 0 unspecified atom stereocenters. The van der Waals surface area contributed by atoms with Crippen LogP contribution < -0.4 is 0 Å². The van der Waals surface area contributed by atoms with Gasteiger partial charge in [0.2, 0.25) is 0 Å². The van der Waals surface area contributed by atoms with E-state index in [4.69, 9.17) is 4.74 Å². The lowest BCUT2D eigenvalue weighted by Gasteiger charge is -2.03. The summed E-state index contributed by atoms with van der Waals surface area (Å²) in [4.78, 5) is 11.7. The van der Waals surface area contributed by atoms with Crippen molar-refractivity contribution in [1.82, 2.24) is 0 Å². The lowest BCUT2D eigenvalue weighted by Crippen LogP contribution is -2.01. The molecule has 0 saturated heterocycles. The van der Waals surface area contributed by atoms with Crippen LogP contribution in [0.15, 0.2) is 30.5 Å². The Morgan fingerprint density at radius 3 is 2.71 bits per heavy atom. The maximum absolute atomic E-state index is 11.7. The Labute approximate surface area is 103 Å². The van der Waals surface area contributed by atoms with Crippen LogP contribution in [0.5, 0.6) is 0 Å². The van der Waals surface area contributed by atoms with E-state index in [0.717, 1.165) is 24.8 Å². The molecule has 0 heterocycles. The summed E-state index contributed by atoms with van der Waals surface area (Å²) >= 11 is 0. The van der Waals surface area contributed by atoms with Gasteiger partial charge in [0.25, 0.3) is 0 Å². The lowest BCUT2D eigenvalue weighted by atomic mass is 10.1. The van der Waals surface area contributed by atoms with Crippen LogP contribution in [0.2, 0.25) is 0 Å². The minimum atomic E-state index is -0.291. The average molecular weight is 232 g/mol. The van der Waals surface area contributed by atoms with Gasteiger partial charge in [-0.3, -0.25) is 0 Å². The zero-order valence-electron chi connectivity index (χ0n) is 10.8.